The number of piperazine rings is 1. The topological polar surface area (TPSA) is 81.6 Å². The van der Waals surface area contributed by atoms with E-state index >= 15 is 0 Å². The van der Waals surface area contributed by atoms with Crippen LogP contribution < -0.4 is 16.0 Å². The number of oxazole rings is 1. The molecule has 0 atom stereocenters. The molecule has 1 fully saturated rings. The molecular weight excluding hydrogens is 387 g/mol. The Morgan fingerprint density at radius 2 is 1.96 bits per heavy atom. The number of carbonyl (C=O) groups excluding carboxylic acids is 1. The molecule has 4 rings (SSSR count). The molecule has 1 aliphatic heterocycles. The van der Waals surface area contributed by atoms with Crippen molar-refractivity contribution in [1.82, 2.24) is 9.88 Å². The second-order valence-corrected chi connectivity index (χ2v) is 7.04. The monoisotopic (exact) mass is 404 g/mol. The van der Waals surface area contributed by atoms with Gasteiger partial charge in [0.2, 0.25) is 5.91 Å². The molecule has 3 aromatic rings. The van der Waals surface area contributed by atoms with E-state index in [0.717, 1.165) is 5.69 Å². The van der Waals surface area contributed by atoms with Gasteiger partial charge in [-0.25, -0.2) is 9.18 Å². The van der Waals surface area contributed by atoms with Crippen LogP contribution in [0, 0.1) is 5.82 Å². The van der Waals surface area contributed by atoms with Gasteiger partial charge in [0.25, 0.3) is 0 Å². The normalized spacial score (nSPS) is 15.1. The smallest absolute Gasteiger partial charge is 0.408 e. The number of aromatic amines is 1. The fourth-order valence-corrected chi connectivity index (χ4v) is 3.39. The molecule has 2 heterocycles. The number of anilines is 2. The quantitative estimate of drug-likeness (QED) is 0.698. The first kappa shape index (κ1) is 18.5. The van der Waals surface area contributed by atoms with Gasteiger partial charge in [0.15, 0.2) is 5.58 Å². The predicted octanol–water partition coefficient (Wildman–Crippen LogP) is 2.67. The number of aromatic nitrogens is 1. The van der Waals surface area contributed by atoms with Gasteiger partial charge in [-0.2, -0.15) is 0 Å². The molecule has 7 nitrogen and oxygen atoms in total. The molecule has 146 valence electrons. The van der Waals surface area contributed by atoms with Crippen molar-refractivity contribution in [2.24, 2.45) is 0 Å². The van der Waals surface area contributed by atoms with Crippen molar-refractivity contribution in [3.8, 4) is 0 Å². The van der Waals surface area contributed by atoms with E-state index in [9.17, 15) is 14.0 Å². The van der Waals surface area contributed by atoms with Crippen molar-refractivity contribution >= 4 is 40.0 Å². The highest BCUT2D eigenvalue weighted by Crippen LogP contribution is 2.23. The van der Waals surface area contributed by atoms with Gasteiger partial charge in [-0.1, -0.05) is 11.6 Å². The fourth-order valence-electron chi connectivity index (χ4n) is 3.27. The Morgan fingerprint density at radius 3 is 2.71 bits per heavy atom. The number of hydrogen-bond acceptors (Lipinski definition) is 5. The summed E-state index contributed by atoms with van der Waals surface area (Å²) >= 11 is 5.73. The number of nitrogens with one attached hydrogen (secondary N) is 2. The number of fused-ring (bicyclic) bond motifs is 1. The number of H-pyrrole nitrogens is 1. The van der Waals surface area contributed by atoms with Gasteiger partial charge in [-0.15, -0.1) is 0 Å². The minimum Gasteiger partial charge on any atom is -0.408 e. The molecule has 0 saturated carbocycles. The van der Waals surface area contributed by atoms with E-state index in [4.69, 9.17) is 16.0 Å². The Hall–Kier alpha value is -2.84. The lowest BCUT2D eigenvalue weighted by molar-refractivity contribution is -0.117. The summed E-state index contributed by atoms with van der Waals surface area (Å²) < 4.78 is 18.6. The number of benzene rings is 2. The molecule has 2 N–H and O–H groups in total. The number of carbonyl (C=O) groups is 1. The van der Waals surface area contributed by atoms with Gasteiger partial charge in [-0.3, -0.25) is 14.7 Å². The third kappa shape index (κ3) is 4.02. The van der Waals surface area contributed by atoms with Crippen LogP contribution in [0.4, 0.5) is 15.8 Å². The number of rotatable bonds is 4. The molecule has 0 aliphatic carbocycles. The lowest BCUT2D eigenvalue weighted by Gasteiger charge is -2.35. The van der Waals surface area contributed by atoms with E-state index in [0.29, 0.717) is 43.0 Å². The summed E-state index contributed by atoms with van der Waals surface area (Å²) in [5.41, 5.74) is 2.33. The van der Waals surface area contributed by atoms with Crippen molar-refractivity contribution in [2.75, 3.05) is 42.9 Å². The molecule has 1 aliphatic rings. The molecular formula is C19H18ClFN4O3. The van der Waals surface area contributed by atoms with Crippen LogP contribution in [0.5, 0.6) is 0 Å². The Morgan fingerprint density at radius 1 is 1.18 bits per heavy atom. The first-order valence-electron chi connectivity index (χ1n) is 8.83. The van der Waals surface area contributed by atoms with Gasteiger partial charge < -0.3 is 14.6 Å². The van der Waals surface area contributed by atoms with E-state index < -0.39 is 11.6 Å². The number of hydrogen-bond donors (Lipinski definition) is 2. The minimum absolute atomic E-state index is 0.108. The minimum atomic E-state index is -0.531. The Kier molecular flexibility index (Phi) is 5.06. The summed E-state index contributed by atoms with van der Waals surface area (Å²) in [6, 6.07) is 9.77. The lowest BCUT2D eigenvalue weighted by atomic mass is 10.2. The van der Waals surface area contributed by atoms with Crippen LogP contribution in [0.25, 0.3) is 11.1 Å². The number of halogens is 2. The predicted molar refractivity (Wildman–Crippen MR) is 106 cm³/mol. The summed E-state index contributed by atoms with van der Waals surface area (Å²) in [7, 11) is 0. The van der Waals surface area contributed by atoms with Crippen molar-refractivity contribution in [1.29, 1.82) is 0 Å². The maximum Gasteiger partial charge on any atom is 0.417 e. The zero-order valence-corrected chi connectivity index (χ0v) is 15.6. The van der Waals surface area contributed by atoms with Gasteiger partial charge in [0, 0.05) is 43.6 Å². The van der Waals surface area contributed by atoms with Gasteiger partial charge in [0.05, 0.1) is 17.1 Å². The maximum absolute atomic E-state index is 13.6. The van der Waals surface area contributed by atoms with Crippen LogP contribution >= 0.6 is 11.6 Å². The SMILES string of the molecule is O=C(CN1CCN(c2ccc(Cl)c(F)c2)CC1)Nc1ccc2[nH]c(=O)oc2c1. The molecule has 9 heteroatoms. The lowest BCUT2D eigenvalue weighted by Crippen LogP contribution is -2.48. The molecule has 0 spiro atoms. The molecule has 1 saturated heterocycles. The van der Waals surface area contributed by atoms with E-state index in [1.807, 2.05) is 4.90 Å². The summed E-state index contributed by atoms with van der Waals surface area (Å²) in [6.45, 7) is 2.99. The van der Waals surface area contributed by atoms with Crippen LogP contribution in [0.3, 0.4) is 0 Å². The largest absolute Gasteiger partial charge is 0.417 e. The maximum atomic E-state index is 13.6. The first-order chi connectivity index (χ1) is 13.5. The van der Waals surface area contributed by atoms with E-state index in [2.05, 4.69) is 15.2 Å². The zero-order chi connectivity index (χ0) is 19.7. The summed E-state index contributed by atoms with van der Waals surface area (Å²) in [6.07, 6.45) is 0. The molecule has 1 amide bonds. The van der Waals surface area contributed by atoms with E-state index in [1.54, 1.807) is 30.3 Å². The van der Waals surface area contributed by atoms with Gasteiger partial charge in [-0.05, 0) is 30.3 Å². The van der Waals surface area contributed by atoms with E-state index in [-0.39, 0.29) is 17.5 Å². The van der Waals surface area contributed by atoms with Crippen molar-refractivity contribution in [2.45, 2.75) is 0 Å². The fraction of sp³-hybridized carbons (Fsp3) is 0.263. The van der Waals surface area contributed by atoms with Gasteiger partial charge >= 0.3 is 5.76 Å². The Labute approximate surface area is 164 Å². The van der Waals surface area contributed by atoms with Crippen LogP contribution in [-0.4, -0.2) is 48.5 Å². The number of amides is 1. The van der Waals surface area contributed by atoms with Crippen LogP contribution in [-0.2, 0) is 4.79 Å². The summed E-state index contributed by atoms with van der Waals surface area (Å²) in [5.74, 6) is -1.11. The number of nitrogens with zero attached hydrogens (tertiary/aromatic N) is 2. The second kappa shape index (κ2) is 7.65. The van der Waals surface area contributed by atoms with Gasteiger partial charge in [0.1, 0.15) is 5.82 Å². The third-order valence-electron chi connectivity index (χ3n) is 4.71. The molecule has 0 radical (unpaired) electrons. The first-order valence-corrected chi connectivity index (χ1v) is 9.21. The molecule has 0 unspecified atom stereocenters. The Balaban J connectivity index is 1.31. The highest BCUT2D eigenvalue weighted by atomic mass is 35.5. The van der Waals surface area contributed by atoms with E-state index in [1.165, 1.54) is 6.07 Å². The van der Waals surface area contributed by atoms with Crippen molar-refractivity contribution in [3.63, 3.8) is 0 Å². The average Bonchev–Trinajstić information content (AvgIpc) is 3.04. The molecule has 2 aromatic carbocycles. The summed E-state index contributed by atoms with van der Waals surface area (Å²) in [5, 5.41) is 2.92. The average molecular weight is 405 g/mol. The standard InChI is InChI=1S/C19H18ClFN4O3/c20-14-3-2-13(10-15(14)21)25-7-5-24(6-8-25)11-18(26)22-12-1-4-16-17(9-12)28-19(27)23-16/h1-4,9-10H,5-8,11H2,(H,22,26)(H,23,27). The van der Waals surface area contributed by atoms with Crippen molar-refractivity contribution in [3.05, 3.63) is 57.8 Å². The highest BCUT2D eigenvalue weighted by Gasteiger charge is 2.20. The molecule has 0 bridgehead atoms. The third-order valence-corrected chi connectivity index (χ3v) is 5.02. The second-order valence-electron chi connectivity index (χ2n) is 6.64. The highest BCUT2D eigenvalue weighted by molar-refractivity contribution is 6.30. The molecule has 28 heavy (non-hydrogen) atoms. The van der Waals surface area contributed by atoms with Crippen LogP contribution in [0.15, 0.2) is 45.6 Å². The van der Waals surface area contributed by atoms with Crippen molar-refractivity contribution < 1.29 is 13.6 Å². The Bertz CT molecular complexity index is 1070. The van der Waals surface area contributed by atoms with Crippen LogP contribution in [0.2, 0.25) is 5.02 Å². The summed E-state index contributed by atoms with van der Waals surface area (Å²) in [4.78, 5) is 30.2. The molecule has 1 aromatic heterocycles. The van der Waals surface area contributed by atoms with Crippen LogP contribution in [0.1, 0.15) is 0 Å². The zero-order valence-electron chi connectivity index (χ0n) is 14.9.